The number of urea groups is 1. The molecule has 0 bridgehead atoms. The summed E-state index contributed by atoms with van der Waals surface area (Å²) in [6.07, 6.45) is 4.39. The van der Waals surface area contributed by atoms with Gasteiger partial charge in [0.25, 0.3) is 0 Å². The van der Waals surface area contributed by atoms with Gasteiger partial charge < -0.3 is 4.90 Å². The Balaban J connectivity index is 1.97. The van der Waals surface area contributed by atoms with Gasteiger partial charge in [0.2, 0.25) is 0 Å². The summed E-state index contributed by atoms with van der Waals surface area (Å²) in [6.45, 7) is 5.87. The van der Waals surface area contributed by atoms with Crippen LogP contribution in [0.4, 0.5) is 9.93 Å². The first-order valence-corrected chi connectivity index (χ1v) is 7.04. The van der Waals surface area contributed by atoms with Crippen molar-refractivity contribution in [1.82, 2.24) is 9.88 Å². The zero-order chi connectivity index (χ0) is 12.3. The van der Waals surface area contributed by atoms with Crippen LogP contribution in [0, 0.1) is 6.92 Å². The highest BCUT2D eigenvalue weighted by molar-refractivity contribution is 7.15. The van der Waals surface area contributed by atoms with Crippen molar-refractivity contribution in [3.8, 4) is 0 Å². The number of rotatable bonds is 2. The van der Waals surface area contributed by atoms with Crippen LogP contribution in [0.3, 0.4) is 0 Å². The Hall–Kier alpha value is -1.10. The van der Waals surface area contributed by atoms with E-state index >= 15 is 0 Å². The molecule has 1 aliphatic rings. The van der Waals surface area contributed by atoms with Crippen LogP contribution in [0.25, 0.3) is 0 Å². The number of nitrogens with one attached hydrogen (secondary N) is 1. The summed E-state index contributed by atoms with van der Waals surface area (Å²) in [5, 5.41) is 3.63. The van der Waals surface area contributed by atoms with E-state index in [9.17, 15) is 4.79 Å². The van der Waals surface area contributed by atoms with Gasteiger partial charge in [-0.2, -0.15) is 0 Å². The van der Waals surface area contributed by atoms with E-state index in [2.05, 4.69) is 17.2 Å². The van der Waals surface area contributed by atoms with Crippen LogP contribution >= 0.6 is 11.3 Å². The van der Waals surface area contributed by atoms with Gasteiger partial charge in [0.05, 0.1) is 5.69 Å². The molecule has 1 aromatic rings. The van der Waals surface area contributed by atoms with E-state index in [0.29, 0.717) is 0 Å². The van der Waals surface area contributed by atoms with E-state index in [1.54, 1.807) is 11.3 Å². The second kappa shape index (κ2) is 5.49. The van der Waals surface area contributed by atoms with Crippen LogP contribution in [0.15, 0.2) is 0 Å². The number of amides is 2. The molecule has 1 saturated heterocycles. The zero-order valence-electron chi connectivity index (χ0n) is 10.5. The molecule has 0 aliphatic carbocycles. The van der Waals surface area contributed by atoms with Gasteiger partial charge in [-0.1, -0.05) is 6.92 Å². The Morgan fingerprint density at radius 2 is 2.12 bits per heavy atom. The van der Waals surface area contributed by atoms with Gasteiger partial charge >= 0.3 is 6.03 Å². The Kier molecular flexibility index (Phi) is 3.99. The summed E-state index contributed by atoms with van der Waals surface area (Å²) in [6, 6.07) is 0.00102. The number of anilines is 1. The minimum Gasteiger partial charge on any atom is -0.324 e. The monoisotopic (exact) mass is 253 g/mol. The van der Waals surface area contributed by atoms with Crippen LogP contribution in [0.2, 0.25) is 0 Å². The van der Waals surface area contributed by atoms with Crippen molar-refractivity contribution >= 4 is 22.5 Å². The maximum Gasteiger partial charge on any atom is 0.323 e. The minimum absolute atomic E-state index is 0.00102. The van der Waals surface area contributed by atoms with Crippen LogP contribution in [-0.2, 0) is 6.42 Å². The SMILES string of the molecule is CCc1nc(NC(=O)N2CCCCC2)sc1C. The molecule has 1 fully saturated rings. The fraction of sp³-hybridized carbons (Fsp3) is 0.667. The second-order valence-corrected chi connectivity index (χ2v) is 5.56. The number of aryl methyl sites for hydroxylation is 2. The highest BCUT2D eigenvalue weighted by Crippen LogP contribution is 2.23. The van der Waals surface area contributed by atoms with Crippen molar-refractivity contribution < 1.29 is 4.79 Å². The molecule has 2 rings (SSSR count). The van der Waals surface area contributed by atoms with Gasteiger partial charge in [0.1, 0.15) is 0 Å². The van der Waals surface area contributed by atoms with Gasteiger partial charge in [0.15, 0.2) is 5.13 Å². The van der Waals surface area contributed by atoms with Crippen molar-refractivity contribution in [2.24, 2.45) is 0 Å². The number of hydrogen-bond acceptors (Lipinski definition) is 3. The fourth-order valence-electron chi connectivity index (χ4n) is 2.08. The third-order valence-corrected chi connectivity index (χ3v) is 4.01. The zero-order valence-corrected chi connectivity index (χ0v) is 11.3. The molecule has 17 heavy (non-hydrogen) atoms. The summed E-state index contributed by atoms with van der Waals surface area (Å²) in [4.78, 5) is 19.5. The van der Waals surface area contributed by atoms with Gasteiger partial charge in [-0.25, -0.2) is 9.78 Å². The van der Waals surface area contributed by atoms with E-state index in [1.165, 1.54) is 11.3 Å². The van der Waals surface area contributed by atoms with Crippen molar-refractivity contribution in [1.29, 1.82) is 0 Å². The number of nitrogens with zero attached hydrogens (tertiary/aromatic N) is 2. The van der Waals surface area contributed by atoms with E-state index in [1.807, 2.05) is 11.8 Å². The van der Waals surface area contributed by atoms with Gasteiger partial charge in [-0.3, -0.25) is 5.32 Å². The molecule has 94 valence electrons. The lowest BCUT2D eigenvalue weighted by Gasteiger charge is -2.26. The molecule has 0 aromatic carbocycles. The lowest BCUT2D eigenvalue weighted by atomic mass is 10.1. The van der Waals surface area contributed by atoms with Crippen molar-refractivity contribution in [2.45, 2.75) is 39.5 Å². The van der Waals surface area contributed by atoms with Gasteiger partial charge in [0, 0.05) is 18.0 Å². The first kappa shape index (κ1) is 12.4. The summed E-state index contributed by atoms with van der Waals surface area (Å²) >= 11 is 1.56. The Morgan fingerprint density at radius 3 is 2.71 bits per heavy atom. The molecule has 2 heterocycles. The summed E-state index contributed by atoms with van der Waals surface area (Å²) < 4.78 is 0. The largest absolute Gasteiger partial charge is 0.324 e. The normalized spacial score (nSPS) is 16.0. The number of aromatic nitrogens is 1. The maximum atomic E-state index is 12.0. The lowest BCUT2D eigenvalue weighted by molar-refractivity contribution is 0.200. The molecule has 1 aliphatic heterocycles. The molecule has 0 unspecified atom stereocenters. The molecular weight excluding hydrogens is 234 g/mol. The van der Waals surface area contributed by atoms with Gasteiger partial charge in [-0.05, 0) is 32.6 Å². The number of carbonyl (C=O) groups excluding carboxylic acids is 1. The quantitative estimate of drug-likeness (QED) is 0.880. The molecule has 2 amide bonds. The number of carbonyl (C=O) groups is 1. The van der Waals surface area contributed by atoms with Crippen molar-refractivity contribution in [3.05, 3.63) is 10.6 Å². The number of thiazole rings is 1. The smallest absolute Gasteiger partial charge is 0.323 e. The standard InChI is InChI=1S/C12H19N3OS/c1-3-10-9(2)17-11(13-10)14-12(16)15-7-5-4-6-8-15/h3-8H2,1-2H3,(H,13,14,16). The third kappa shape index (κ3) is 2.97. The van der Waals surface area contributed by atoms with Crippen molar-refractivity contribution in [2.75, 3.05) is 18.4 Å². The molecule has 4 nitrogen and oxygen atoms in total. The summed E-state index contributed by atoms with van der Waals surface area (Å²) in [5.74, 6) is 0. The molecule has 0 atom stereocenters. The van der Waals surface area contributed by atoms with E-state index in [4.69, 9.17) is 0 Å². The number of hydrogen-bond donors (Lipinski definition) is 1. The Labute approximate surface area is 106 Å². The predicted molar refractivity (Wildman–Crippen MR) is 70.7 cm³/mol. The third-order valence-electron chi connectivity index (χ3n) is 3.08. The first-order chi connectivity index (χ1) is 8.20. The molecule has 1 aromatic heterocycles. The second-order valence-electron chi connectivity index (χ2n) is 4.35. The topological polar surface area (TPSA) is 45.2 Å². The van der Waals surface area contributed by atoms with Crippen LogP contribution < -0.4 is 5.32 Å². The molecule has 5 heteroatoms. The Morgan fingerprint density at radius 1 is 1.41 bits per heavy atom. The predicted octanol–water partition coefficient (Wildman–Crippen LogP) is 3.03. The van der Waals surface area contributed by atoms with E-state index in [-0.39, 0.29) is 6.03 Å². The number of piperidine rings is 1. The fourth-order valence-corrected chi connectivity index (χ4v) is 2.97. The highest BCUT2D eigenvalue weighted by atomic mass is 32.1. The number of likely N-dealkylation sites (tertiary alicyclic amines) is 1. The molecule has 0 saturated carbocycles. The summed E-state index contributed by atoms with van der Waals surface area (Å²) in [5.41, 5.74) is 1.09. The molecule has 0 radical (unpaired) electrons. The highest BCUT2D eigenvalue weighted by Gasteiger charge is 2.17. The summed E-state index contributed by atoms with van der Waals surface area (Å²) in [7, 11) is 0. The van der Waals surface area contributed by atoms with Crippen LogP contribution in [-0.4, -0.2) is 29.0 Å². The maximum absolute atomic E-state index is 12.0. The van der Waals surface area contributed by atoms with Crippen molar-refractivity contribution in [3.63, 3.8) is 0 Å². The van der Waals surface area contributed by atoms with E-state index < -0.39 is 0 Å². The van der Waals surface area contributed by atoms with Crippen LogP contribution in [0.5, 0.6) is 0 Å². The average Bonchev–Trinajstić information content (AvgIpc) is 2.70. The lowest BCUT2D eigenvalue weighted by Crippen LogP contribution is -2.38. The molecule has 1 N–H and O–H groups in total. The average molecular weight is 253 g/mol. The first-order valence-electron chi connectivity index (χ1n) is 6.23. The van der Waals surface area contributed by atoms with Gasteiger partial charge in [-0.15, -0.1) is 11.3 Å². The minimum atomic E-state index is 0.00102. The molecular formula is C12H19N3OS. The van der Waals surface area contributed by atoms with E-state index in [0.717, 1.165) is 43.2 Å². The van der Waals surface area contributed by atoms with Crippen LogP contribution in [0.1, 0.15) is 36.8 Å². The Bertz CT molecular complexity index is 396. The molecule has 0 spiro atoms.